The maximum absolute atomic E-state index is 15.9. The van der Waals surface area contributed by atoms with E-state index in [0.717, 1.165) is 44.0 Å². The monoisotopic (exact) mass is 997 g/mol. The fourth-order valence-electron chi connectivity index (χ4n) is 10.3. The van der Waals surface area contributed by atoms with Crippen molar-refractivity contribution in [3.05, 3.63) is 83.7 Å². The lowest BCUT2D eigenvalue weighted by Crippen LogP contribution is -2.67. The first-order chi connectivity index (χ1) is 34.0. The number of alkyl halides is 2. The Kier molecular flexibility index (Phi) is 16.3. The van der Waals surface area contributed by atoms with Gasteiger partial charge in [-0.3, -0.25) is 34.0 Å². The van der Waals surface area contributed by atoms with Crippen molar-refractivity contribution >= 4 is 40.5 Å². The van der Waals surface area contributed by atoms with Crippen LogP contribution in [0.4, 0.5) is 8.78 Å². The molecule has 0 saturated carbocycles. The van der Waals surface area contributed by atoms with Crippen LogP contribution in [0, 0.1) is 17.3 Å². The lowest BCUT2D eigenvalue weighted by atomic mass is 9.84. The van der Waals surface area contributed by atoms with E-state index in [2.05, 4.69) is 15.3 Å². The summed E-state index contributed by atoms with van der Waals surface area (Å²) in [4.78, 5) is 79.9. The minimum atomic E-state index is -3.61. The SMILES string of the molecule is CCn1c(-c2cccnc2[C@H](C)OC)c2c3cc(ccc31)-c1cc(O)cc(c1)C[C@H](NC(=O)[C@H](C(C)C)N(C)C(=O)[C@H]1CCN(C(=O)/C=C/CN(C)C)C1)C(=O)N1CCC(F)(F)[C@H](N1)C(=O)OCC(C)(C)C2. The summed E-state index contributed by atoms with van der Waals surface area (Å²) in [6, 6.07) is 10.00. The number of fused-ring (bicyclic) bond motifs is 6. The third-order valence-electron chi connectivity index (χ3n) is 14.1. The average molecular weight is 997 g/mol. The minimum absolute atomic E-state index is 0.113. The largest absolute Gasteiger partial charge is 0.508 e. The van der Waals surface area contributed by atoms with Gasteiger partial charge in [0.2, 0.25) is 17.7 Å². The Morgan fingerprint density at radius 1 is 1.06 bits per heavy atom. The van der Waals surface area contributed by atoms with Gasteiger partial charge in [-0.15, -0.1) is 0 Å². The summed E-state index contributed by atoms with van der Waals surface area (Å²) in [7, 11) is 6.92. The zero-order valence-electron chi connectivity index (χ0n) is 43.1. The fraction of sp³-hybridized carbons (Fsp3) is 0.519. The quantitative estimate of drug-likeness (QED) is 0.110. The highest BCUT2D eigenvalue weighted by atomic mass is 19.3. The molecular weight excluding hydrogens is 927 g/mol. The van der Waals surface area contributed by atoms with E-state index in [1.807, 2.05) is 83.1 Å². The van der Waals surface area contributed by atoms with Crippen LogP contribution < -0.4 is 10.7 Å². The molecule has 5 heterocycles. The number of likely N-dealkylation sites (N-methyl/N-ethyl adjacent to an activating group) is 2. The second-order valence-electron chi connectivity index (χ2n) is 20.9. The lowest BCUT2D eigenvalue weighted by Gasteiger charge is -2.40. The number of aromatic nitrogens is 2. The fourth-order valence-corrected chi connectivity index (χ4v) is 10.3. The van der Waals surface area contributed by atoms with Gasteiger partial charge in [0.05, 0.1) is 30.0 Å². The Bertz CT molecular complexity index is 2720. The van der Waals surface area contributed by atoms with Crippen molar-refractivity contribution in [1.29, 1.82) is 0 Å². The van der Waals surface area contributed by atoms with Crippen LogP contribution in [0.5, 0.6) is 5.75 Å². The zero-order valence-corrected chi connectivity index (χ0v) is 43.1. The number of ether oxygens (including phenoxy) is 2. The van der Waals surface area contributed by atoms with Crippen molar-refractivity contribution in [3.63, 3.8) is 0 Å². The van der Waals surface area contributed by atoms with E-state index in [9.17, 15) is 29.1 Å². The highest BCUT2D eigenvalue weighted by molar-refractivity contribution is 5.96. The number of aryl methyl sites for hydroxylation is 1. The van der Waals surface area contributed by atoms with Crippen LogP contribution in [-0.2, 0) is 52.8 Å². The number of rotatable bonds is 12. The summed E-state index contributed by atoms with van der Waals surface area (Å²) in [6.45, 7) is 12.2. The summed E-state index contributed by atoms with van der Waals surface area (Å²) in [5, 5.41) is 16.0. The molecule has 5 atom stereocenters. The molecular formula is C54H70F2N8O8. The minimum Gasteiger partial charge on any atom is -0.508 e. The summed E-state index contributed by atoms with van der Waals surface area (Å²) >= 11 is 0. The highest BCUT2D eigenvalue weighted by Gasteiger charge is 2.51. The smallest absolute Gasteiger partial charge is 0.331 e. The van der Waals surface area contributed by atoms with Crippen LogP contribution in [-0.4, -0.2) is 149 Å². The maximum atomic E-state index is 15.9. The van der Waals surface area contributed by atoms with Crippen molar-refractivity contribution in [2.24, 2.45) is 17.3 Å². The van der Waals surface area contributed by atoms with Gasteiger partial charge in [0.1, 0.15) is 17.8 Å². The number of esters is 1. The Morgan fingerprint density at radius 2 is 1.81 bits per heavy atom. The number of phenolic OH excluding ortho intramolecular Hbond substituents is 1. The van der Waals surface area contributed by atoms with E-state index in [0.29, 0.717) is 43.6 Å². The predicted molar refractivity (Wildman–Crippen MR) is 269 cm³/mol. The van der Waals surface area contributed by atoms with Crippen LogP contribution >= 0.6 is 0 Å². The first kappa shape index (κ1) is 53.6. The van der Waals surface area contributed by atoms with Crippen molar-refractivity contribution < 1.29 is 47.3 Å². The summed E-state index contributed by atoms with van der Waals surface area (Å²) in [5.74, 6) is -8.05. The maximum Gasteiger partial charge on any atom is 0.331 e. The Hall–Kier alpha value is -6.24. The van der Waals surface area contributed by atoms with Gasteiger partial charge >= 0.3 is 5.97 Å². The molecule has 0 unspecified atom stereocenters. The van der Waals surface area contributed by atoms with E-state index in [4.69, 9.17) is 14.5 Å². The first-order valence-corrected chi connectivity index (χ1v) is 24.8. The van der Waals surface area contributed by atoms with E-state index < -0.39 is 72.0 Å². The zero-order chi connectivity index (χ0) is 52.4. The van der Waals surface area contributed by atoms with Gasteiger partial charge in [-0.25, -0.2) is 14.2 Å². The molecule has 16 nitrogen and oxygen atoms in total. The molecule has 18 heteroatoms. The number of benzene rings is 2. The number of hydrogen-bond acceptors (Lipinski definition) is 11. The number of hydrazine groups is 1. The summed E-state index contributed by atoms with van der Waals surface area (Å²) < 4.78 is 45.5. The van der Waals surface area contributed by atoms with Crippen molar-refractivity contribution in [1.82, 2.24) is 40.0 Å². The summed E-state index contributed by atoms with van der Waals surface area (Å²) in [5.41, 5.74) is 7.71. The molecule has 388 valence electrons. The number of nitrogens with zero attached hydrogens (tertiary/aromatic N) is 6. The normalized spacial score (nSPS) is 21.2. The van der Waals surface area contributed by atoms with Crippen LogP contribution in [0.1, 0.15) is 77.3 Å². The molecule has 0 aliphatic carbocycles. The topological polar surface area (TPSA) is 179 Å². The molecule has 0 spiro atoms. The standard InChI is InChI=1S/C54H70F2N8O8/c1-11-63-43-17-16-35-28-40(43)41(47(63)39-14-12-20-57-45(39)33(4)71-10)29-53(5,6)31-72-52(70)48-54(55,56)19-23-64(59-48)51(69)42(26-34-24-37(35)27-38(65)25-34)58-49(67)46(32(2)3)61(9)50(68)36-18-22-62(30-36)44(66)15-13-21-60(7)8/h12-17,20,24-25,27-28,32-33,36,42,46,48,59,65H,11,18-19,21-23,26,29-31H2,1-10H3,(H,58,67)/b15-13+/t33-,36-,42-,46-,48+/m0/s1. The Balaban J connectivity index is 1.29. The number of carbonyl (C=O) groups is 5. The molecule has 3 aliphatic rings. The second kappa shape index (κ2) is 21.9. The number of phenols is 1. The number of cyclic esters (lactones) is 1. The van der Waals surface area contributed by atoms with Gasteiger partial charge in [0.25, 0.3) is 11.8 Å². The molecule has 3 aliphatic heterocycles. The number of halogens is 2. The number of likely N-dealkylation sites (tertiary alicyclic amines) is 1. The summed E-state index contributed by atoms with van der Waals surface area (Å²) in [6.07, 6.45) is 4.26. The van der Waals surface area contributed by atoms with Crippen LogP contribution in [0.2, 0.25) is 0 Å². The molecule has 2 saturated heterocycles. The molecule has 7 rings (SSSR count). The molecule has 4 aromatic rings. The average Bonchev–Trinajstić information content (AvgIpc) is 3.94. The van der Waals surface area contributed by atoms with Crippen LogP contribution in [0.25, 0.3) is 33.3 Å². The predicted octanol–water partition coefficient (Wildman–Crippen LogP) is 6.15. The van der Waals surface area contributed by atoms with Gasteiger partial charge in [-0.2, -0.15) is 0 Å². The van der Waals surface area contributed by atoms with Crippen LogP contribution in [0.15, 0.2) is 66.9 Å². The molecule has 3 N–H and O–H groups in total. The van der Waals surface area contributed by atoms with Crippen molar-refractivity contribution in [3.8, 4) is 28.1 Å². The van der Waals surface area contributed by atoms with E-state index in [-0.39, 0.29) is 43.2 Å². The number of aromatic hydroxyl groups is 1. The molecule has 0 radical (unpaired) electrons. The number of nitrogens with one attached hydrogen (secondary N) is 2. The molecule has 2 fully saturated rings. The van der Waals surface area contributed by atoms with Gasteiger partial charge in [-0.05, 0) is 105 Å². The molecule has 2 aromatic carbocycles. The molecule has 6 bridgehead atoms. The molecule has 4 amide bonds. The lowest BCUT2D eigenvalue weighted by molar-refractivity contribution is -0.176. The van der Waals surface area contributed by atoms with Crippen LogP contribution in [0.3, 0.4) is 0 Å². The van der Waals surface area contributed by atoms with Gasteiger partial charge < -0.3 is 39.2 Å². The number of carbonyl (C=O) groups excluding carboxylic acids is 5. The second-order valence-corrected chi connectivity index (χ2v) is 20.9. The molecule has 2 aromatic heterocycles. The third kappa shape index (κ3) is 11.5. The highest BCUT2D eigenvalue weighted by Crippen LogP contribution is 2.42. The third-order valence-corrected chi connectivity index (χ3v) is 14.1. The van der Waals surface area contributed by atoms with Gasteiger partial charge in [-0.1, -0.05) is 45.9 Å². The Morgan fingerprint density at radius 3 is 2.50 bits per heavy atom. The van der Waals surface area contributed by atoms with Crippen molar-refractivity contribution in [2.45, 2.75) is 104 Å². The Labute approximate surface area is 420 Å². The number of hydrogen-bond donors (Lipinski definition) is 3. The van der Waals surface area contributed by atoms with Gasteiger partial charge in [0, 0.05) is 93.9 Å². The van der Waals surface area contributed by atoms with E-state index >= 15 is 8.78 Å². The van der Waals surface area contributed by atoms with Crippen molar-refractivity contribution in [2.75, 3.05) is 61.0 Å². The number of pyridine rings is 1. The number of amides is 4. The van der Waals surface area contributed by atoms with E-state index in [1.165, 1.54) is 24.1 Å². The van der Waals surface area contributed by atoms with E-state index in [1.54, 1.807) is 44.2 Å². The van der Waals surface area contributed by atoms with Gasteiger partial charge in [0.15, 0.2) is 6.04 Å². The first-order valence-electron chi connectivity index (χ1n) is 24.8. The number of methoxy groups -OCH3 is 1. The molecule has 72 heavy (non-hydrogen) atoms.